The highest BCUT2D eigenvalue weighted by atomic mass is 35.5. The Morgan fingerprint density at radius 2 is 1.62 bits per heavy atom. The Labute approximate surface area is 122 Å². The highest BCUT2D eigenvalue weighted by Gasteiger charge is 2.31. The van der Waals surface area contributed by atoms with Crippen molar-refractivity contribution in [2.75, 3.05) is 5.32 Å². The minimum absolute atomic E-state index is 0.0121. The van der Waals surface area contributed by atoms with Gasteiger partial charge in [0.05, 0.1) is 16.3 Å². The summed E-state index contributed by atoms with van der Waals surface area (Å²) >= 11 is 5.59. The zero-order valence-corrected chi connectivity index (χ0v) is 11.2. The molecule has 0 radical (unpaired) electrons. The fraction of sp³-hybridized carbons (Fsp3) is 0.143. The van der Waals surface area contributed by atoms with Crippen LogP contribution in [-0.4, -0.2) is 0 Å². The van der Waals surface area contributed by atoms with Gasteiger partial charge in [0.25, 0.3) is 0 Å². The topological polar surface area (TPSA) is 12.0 Å². The van der Waals surface area contributed by atoms with E-state index in [-0.39, 0.29) is 17.3 Å². The maximum atomic E-state index is 13.5. The third-order valence-electron chi connectivity index (χ3n) is 2.76. The molecule has 0 saturated heterocycles. The van der Waals surface area contributed by atoms with Crippen LogP contribution >= 0.6 is 11.6 Å². The molecule has 0 fully saturated rings. The molecule has 112 valence electrons. The molecule has 7 heteroatoms. The van der Waals surface area contributed by atoms with Gasteiger partial charge in [0.2, 0.25) is 0 Å². The fourth-order valence-electron chi connectivity index (χ4n) is 1.68. The molecule has 0 amide bonds. The van der Waals surface area contributed by atoms with Crippen LogP contribution in [0, 0.1) is 11.6 Å². The van der Waals surface area contributed by atoms with Gasteiger partial charge in [-0.1, -0.05) is 17.7 Å². The molecule has 0 aliphatic carbocycles. The molecule has 2 aromatic rings. The first kappa shape index (κ1) is 15.6. The van der Waals surface area contributed by atoms with Gasteiger partial charge < -0.3 is 5.32 Å². The number of benzene rings is 2. The van der Waals surface area contributed by atoms with Crippen LogP contribution in [0.2, 0.25) is 5.02 Å². The molecule has 2 aromatic carbocycles. The number of anilines is 1. The van der Waals surface area contributed by atoms with E-state index in [1.165, 1.54) is 12.1 Å². The van der Waals surface area contributed by atoms with Crippen LogP contribution < -0.4 is 5.32 Å². The van der Waals surface area contributed by atoms with E-state index in [1.807, 2.05) is 0 Å². The molecule has 0 saturated carbocycles. The van der Waals surface area contributed by atoms with E-state index in [0.29, 0.717) is 17.7 Å². The number of hydrogen-bond acceptors (Lipinski definition) is 1. The van der Waals surface area contributed by atoms with Crippen molar-refractivity contribution in [3.05, 3.63) is 64.2 Å². The maximum Gasteiger partial charge on any atom is 0.416 e. The Kier molecular flexibility index (Phi) is 4.37. The van der Waals surface area contributed by atoms with Crippen molar-refractivity contribution >= 4 is 17.3 Å². The number of halogens is 6. The Hall–Kier alpha value is -1.82. The zero-order chi connectivity index (χ0) is 15.6. The molecule has 0 aromatic heterocycles. The number of rotatable bonds is 3. The van der Waals surface area contributed by atoms with Gasteiger partial charge in [-0.25, -0.2) is 8.78 Å². The average Bonchev–Trinajstić information content (AvgIpc) is 2.40. The van der Waals surface area contributed by atoms with Gasteiger partial charge in [-0.2, -0.15) is 13.2 Å². The van der Waals surface area contributed by atoms with E-state index in [4.69, 9.17) is 11.6 Å². The molecule has 21 heavy (non-hydrogen) atoms. The summed E-state index contributed by atoms with van der Waals surface area (Å²) in [6, 6.07) is 5.93. The minimum Gasteiger partial charge on any atom is -0.379 e. The van der Waals surface area contributed by atoms with Crippen LogP contribution in [0.15, 0.2) is 36.4 Å². The minimum atomic E-state index is -4.55. The third kappa shape index (κ3) is 3.85. The predicted molar refractivity (Wildman–Crippen MR) is 70.1 cm³/mol. The summed E-state index contributed by atoms with van der Waals surface area (Å²) < 4.78 is 64.1. The molecular formula is C14H9ClF5N. The van der Waals surface area contributed by atoms with Gasteiger partial charge in [-0.05, 0) is 35.9 Å². The summed E-state index contributed by atoms with van der Waals surface area (Å²) in [6.45, 7) is 0.0121. The van der Waals surface area contributed by atoms with Crippen LogP contribution in [0.1, 0.15) is 11.1 Å². The Balaban J connectivity index is 2.17. The molecule has 1 nitrogen and oxygen atoms in total. The van der Waals surface area contributed by atoms with Gasteiger partial charge >= 0.3 is 6.18 Å². The summed E-state index contributed by atoms with van der Waals surface area (Å²) in [5.74, 6) is -1.41. The summed E-state index contributed by atoms with van der Waals surface area (Å²) in [5, 5.41) is 2.42. The molecule has 1 N–H and O–H groups in total. The van der Waals surface area contributed by atoms with Crippen LogP contribution in [0.4, 0.5) is 27.6 Å². The smallest absolute Gasteiger partial charge is 0.379 e. The van der Waals surface area contributed by atoms with Gasteiger partial charge in [0, 0.05) is 6.54 Å². The molecule has 0 aliphatic rings. The highest BCUT2D eigenvalue weighted by molar-refractivity contribution is 6.30. The van der Waals surface area contributed by atoms with E-state index >= 15 is 0 Å². The second-order valence-corrected chi connectivity index (χ2v) is 4.70. The summed E-state index contributed by atoms with van der Waals surface area (Å²) in [6.07, 6.45) is -4.55. The van der Waals surface area contributed by atoms with E-state index < -0.39 is 23.4 Å². The standard InChI is InChI=1S/C14H9ClF5N/c15-10-5-8(1-3-11(10)16)7-21-13-6-9(14(18,19)20)2-4-12(13)17/h1-6,21H,7H2. The van der Waals surface area contributed by atoms with Gasteiger partial charge in [-0.15, -0.1) is 0 Å². The number of alkyl halides is 3. The van der Waals surface area contributed by atoms with E-state index in [9.17, 15) is 22.0 Å². The fourth-order valence-corrected chi connectivity index (χ4v) is 1.89. The van der Waals surface area contributed by atoms with Crippen LogP contribution in [0.3, 0.4) is 0 Å². The monoisotopic (exact) mass is 321 g/mol. The average molecular weight is 322 g/mol. The molecule has 2 rings (SSSR count). The molecule has 0 unspecified atom stereocenters. The van der Waals surface area contributed by atoms with Gasteiger partial charge in [-0.3, -0.25) is 0 Å². The third-order valence-corrected chi connectivity index (χ3v) is 3.05. The lowest BCUT2D eigenvalue weighted by Gasteiger charge is -2.12. The largest absolute Gasteiger partial charge is 0.416 e. The Morgan fingerprint density at radius 3 is 2.24 bits per heavy atom. The van der Waals surface area contributed by atoms with Crippen molar-refractivity contribution in [1.82, 2.24) is 0 Å². The van der Waals surface area contributed by atoms with Gasteiger partial charge in [0.15, 0.2) is 0 Å². The first-order valence-electron chi connectivity index (χ1n) is 5.82. The van der Waals surface area contributed by atoms with E-state index in [1.54, 1.807) is 0 Å². The summed E-state index contributed by atoms with van der Waals surface area (Å²) in [7, 11) is 0. The molecule has 0 aliphatic heterocycles. The normalized spacial score (nSPS) is 11.5. The zero-order valence-electron chi connectivity index (χ0n) is 10.4. The first-order valence-corrected chi connectivity index (χ1v) is 6.20. The lowest BCUT2D eigenvalue weighted by Crippen LogP contribution is -2.08. The summed E-state index contributed by atoms with van der Waals surface area (Å²) in [4.78, 5) is 0. The van der Waals surface area contributed by atoms with Crippen molar-refractivity contribution in [3.8, 4) is 0 Å². The highest BCUT2D eigenvalue weighted by Crippen LogP contribution is 2.32. The van der Waals surface area contributed by atoms with Crippen molar-refractivity contribution in [3.63, 3.8) is 0 Å². The quantitative estimate of drug-likeness (QED) is 0.761. The molecule has 0 spiro atoms. The number of hydrogen-bond donors (Lipinski definition) is 1. The second-order valence-electron chi connectivity index (χ2n) is 4.29. The maximum absolute atomic E-state index is 13.5. The van der Waals surface area contributed by atoms with Crippen molar-refractivity contribution in [1.29, 1.82) is 0 Å². The lowest BCUT2D eigenvalue weighted by molar-refractivity contribution is -0.137. The van der Waals surface area contributed by atoms with Crippen molar-refractivity contribution < 1.29 is 22.0 Å². The van der Waals surface area contributed by atoms with E-state index in [2.05, 4.69) is 5.32 Å². The molecular weight excluding hydrogens is 313 g/mol. The lowest BCUT2D eigenvalue weighted by atomic mass is 10.1. The van der Waals surface area contributed by atoms with Crippen LogP contribution in [-0.2, 0) is 12.7 Å². The van der Waals surface area contributed by atoms with Gasteiger partial charge in [0.1, 0.15) is 11.6 Å². The number of nitrogens with one attached hydrogen (secondary N) is 1. The molecule has 0 heterocycles. The molecule has 0 atom stereocenters. The second kappa shape index (κ2) is 5.89. The SMILES string of the molecule is Fc1ccc(CNc2cc(C(F)(F)F)ccc2F)cc1Cl. The van der Waals surface area contributed by atoms with Crippen LogP contribution in [0.25, 0.3) is 0 Å². The summed E-state index contributed by atoms with van der Waals surface area (Å²) in [5.41, 5.74) is -0.730. The van der Waals surface area contributed by atoms with E-state index in [0.717, 1.165) is 12.1 Å². The van der Waals surface area contributed by atoms with Crippen molar-refractivity contribution in [2.45, 2.75) is 12.7 Å². The predicted octanol–water partition coefficient (Wildman–Crippen LogP) is 5.25. The first-order chi connectivity index (χ1) is 9.77. The Bertz CT molecular complexity index is 654. The van der Waals surface area contributed by atoms with Crippen molar-refractivity contribution in [2.24, 2.45) is 0 Å². The Morgan fingerprint density at radius 1 is 0.952 bits per heavy atom. The van der Waals surface area contributed by atoms with Crippen LogP contribution in [0.5, 0.6) is 0 Å². The molecule has 0 bridgehead atoms.